The van der Waals surface area contributed by atoms with E-state index in [0.717, 1.165) is 25.2 Å². The smallest absolute Gasteiger partial charge is 0.237 e. The predicted octanol–water partition coefficient (Wildman–Crippen LogP) is 2.27. The Morgan fingerprint density at radius 2 is 2.00 bits per heavy atom. The number of amides is 2. The van der Waals surface area contributed by atoms with Crippen LogP contribution in [0.5, 0.6) is 0 Å². The van der Waals surface area contributed by atoms with Crippen LogP contribution in [-0.2, 0) is 16.1 Å². The fourth-order valence-electron chi connectivity index (χ4n) is 3.64. The summed E-state index contributed by atoms with van der Waals surface area (Å²) in [5.41, 5.74) is 1.15. The summed E-state index contributed by atoms with van der Waals surface area (Å²) in [6, 6.07) is 9.79. The zero-order chi connectivity index (χ0) is 18.5. The molecule has 2 amide bonds. The average Bonchev–Trinajstić information content (AvgIpc) is 3.42. The highest BCUT2D eigenvalue weighted by Gasteiger charge is 2.34. The molecule has 1 saturated heterocycles. The Hall–Kier alpha value is -1.88. The molecule has 0 unspecified atom stereocenters. The lowest BCUT2D eigenvalue weighted by molar-refractivity contribution is -0.139. The highest BCUT2D eigenvalue weighted by atomic mass is 16.2. The van der Waals surface area contributed by atoms with Crippen molar-refractivity contribution in [2.24, 2.45) is 11.8 Å². The van der Waals surface area contributed by atoms with Crippen LogP contribution in [0, 0.1) is 11.8 Å². The number of hydrogen-bond acceptors (Lipinski definition) is 3. The maximum absolute atomic E-state index is 13.1. The quantitative estimate of drug-likeness (QED) is 0.776. The first-order valence-electron chi connectivity index (χ1n) is 9.86. The van der Waals surface area contributed by atoms with E-state index in [4.69, 9.17) is 0 Å². The van der Waals surface area contributed by atoms with Gasteiger partial charge in [-0.05, 0) is 30.2 Å². The SMILES string of the molecule is CC(C)CN1CCNC(=O)[C@@H]1CC(=O)N(Cc1ccccc1)CC1CC1. The van der Waals surface area contributed by atoms with E-state index in [9.17, 15) is 9.59 Å². The van der Waals surface area contributed by atoms with E-state index in [1.54, 1.807) is 0 Å². The van der Waals surface area contributed by atoms with Gasteiger partial charge in [0, 0.05) is 32.7 Å². The van der Waals surface area contributed by atoms with Crippen molar-refractivity contribution in [3.8, 4) is 0 Å². The van der Waals surface area contributed by atoms with Crippen molar-refractivity contribution in [3.63, 3.8) is 0 Å². The summed E-state index contributed by atoms with van der Waals surface area (Å²) in [5, 5.41) is 2.93. The monoisotopic (exact) mass is 357 g/mol. The first kappa shape index (κ1) is 18.9. The molecule has 1 N–H and O–H groups in total. The van der Waals surface area contributed by atoms with Crippen LogP contribution in [0.15, 0.2) is 30.3 Å². The Bertz CT molecular complexity index is 613. The molecule has 1 aromatic carbocycles. The van der Waals surface area contributed by atoms with E-state index in [-0.39, 0.29) is 24.3 Å². The summed E-state index contributed by atoms with van der Waals surface area (Å²) < 4.78 is 0. The molecule has 0 spiro atoms. The van der Waals surface area contributed by atoms with Crippen molar-refractivity contribution in [1.29, 1.82) is 0 Å². The van der Waals surface area contributed by atoms with Crippen molar-refractivity contribution in [2.45, 2.75) is 45.7 Å². The zero-order valence-corrected chi connectivity index (χ0v) is 16.0. The third-order valence-corrected chi connectivity index (χ3v) is 5.15. The number of nitrogens with one attached hydrogen (secondary N) is 1. The highest BCUT2D eigenvalue weighted by molar-refractivity contribution is 5.88. The van der Waals surface area contributed by atoms with Gasteiger partial charge in [-0.2, -0.15) is 0 Å². The molecule has 1 heterocycles. The Balaban J connectivity index is 1.67. The van der Waals surface area contributed by atoms with Crippen LogP contribution in [0.25, 0.3) is 0 Å². The molecule has 142 valence electrons. The topological polar surface area (TPSA) is 52.7 Å². The fourth-order valence-corrected chi connectivity index (χ4v) is 3.64. The highest BCUT2D eigenvalue weighted by Crippen LogP contribution is 2.30. The first-order chi connectivity index (χ1) is 12.5. The van der Waals surface area contributed by atoms with Crippen molar-refractivity contribution >= 4 is 11.8 Å². The number of piperazine rings is 1. The van der Waals surface area contributed by atoms with Gasteiger partial charge in [0.05, 0.1) is 12.5 Å². The van der Waals surface area contributed by atoms with Crippen molar-refractivity contribution in [3.05, 3.63) is 35.9 Å². The zero-order valence-electron chi connectivity index (χ0n) is 16.0. The third kappa shape index (κ3) is 5.31. The second-order valence-electron chi connectivity index (χ2n) is 8.10. The lowest BCUT2D eigenvalue weighted by atomic mass is 10.0. The molecule has 5 nitrogen and oxygen atoms in total. The van der Waals surface area contributed by atoms with Gasteiger partial charge in [0.1, 0.15) is 0 Å². The largest absolute Gasteiger partial charge is 0.353 e. The second kappa shape index (κ2) is 8.67. The molecule has 0 radical (unpaired) electrons. The molecule has 3 rings (SSSR count). The lowest BCUT2D eigenvalue weighted by Crippen LogP contribution is -2.57. The molecule has 1 aliphatic heterocycles. The van der Waals surface area contributed by atoms with E-state index >= 15 is 0 Å². The van der Waals surface area contributed by atoms with Crippen LogP contribution in [0.1, 0.15) is 38.7 Å². The fraction of sp³-hybridized carbons (Fsp3) is 0.619. The van der Waals surface area contributed by atoms with Gasteiger partial charge in [0.2, 0.25) is 11.8 Å². The molecule has 1 atom stereocenters. The minimum Gasteiger partial charge on any atom is -0.353 e. The van der Waals surface area contributed by atoms with Crippen molar-refractivity contribution in [2.75, 3.05) is 26.2 Å². The molecular formula is C21H31N3O2. The first-order valence-corrected chi connectivity index (χ1v) is 9.86. The summed E-state index contributed by atoms with van der Waals surface area (Å²) in [7, 11) is 0. The normalized spacial score (nSPS) is 20.9. The number of carbonyl (C=O) groups is 2. The van der Waals surface area contributed by atoms with Crippen molar-refractivity contribution in [1.82, 2.24) is 15.1 Å². The molecule has 1 aliphatic carbocycles. The van der Waals surface area contributed by atoms with Crippen molar-refractivity contribution < 1.29 is 9.59 Å². The number of benzene rings is 1. The Kier molecular flexibility index (Phi) is 6.30. The maximum Gasteiger partial charge on any atom is 0.237 e. The van der Waals surface area contributed by atoms with Gasteiger partial charge in [-0.25, -0.2) is 0 Å². The molecule has 2 aliphatic rings. The van der Waals surface area contributed by atoms with Gasteiger partial charge >= 0.3 is 0 Å². The summed E-state index contributed by atoms with van der Waals surface area (Å²) in [4.78, 5) is 29.6. The lowest BCUT2D eigenvalue weighted by Gasteiger charge is -2.36. The molecule has 5 heteroatoms. The number of rotatable bonds is 8. The van der Waals surface area contributed by atoms with E-state index in [1.165, 1.54) is 12.8 Å². The summed E-state index contributed by atoms with van der Waals surface area (Å²) in [6.07, 6.45) is 2.70. The standard InChI is InChI=1S/C21H31N3O2/c1-16(2)13-23-11-10-22-21(26)19(23)12-20(25)24(15-18-8-9-18)14-17-6-4-3-5-7-17/h3-7,16,18-19H,8-15H2,1-2H3,(H,22,26)/t19-/m0/s1. The van der Waals surface area contributed by atoms with Crippen LogP contribution >= 0.6 is 0 Å². The Labute approximate surface area is 156 Å². The molecule has 26 heavy (non-hydrogen) atoms. The van der Waals surface area contributed by atoms with Crippen LogP contribution in [0.4, 0.5) is 0 Å². The van der Waals surface area contributed by atoms with Crippen LogP contribution in [0.3, 0.4) is 0 Å². The van der Waals surface area contributed by atoms with E-state index < -0.39 is 0 Å². The Morgan fingerprint density at radius 1 is 1.27 bits per heavy atom. The Morgan fingerprint density at radius 3 is 2.65 bits per heavy atom. The minimum absolute atomic E-state index is 0.00340. The molecule has 2 fully saturated rings. The van der Waals surface area contributed by atoms with E-state index in [1.807, 2.05) is 23.1 Å². The van der Waals surface area contributed by atoms with E-state index in [0.29, 0.717) is 24.9 Å². The van der Waals surface area contributed by atoms with Gasteiger partial charge in [0.15, 0.2) is 0 Å². The minimum atomic E-state index is -0.337. The van der Waals surface area contributed by atoms with Crippen LogP contribution in [-0.4, -0.2) is 53.8 Å². The molecule has 0 bridgehead atoms. The van der Waals surface area contributed by atoms with Crippen LogP contribution < -0.4 is 5.32 Å². The number of nitrogens with zero attached hydrogens (tertiary/aromatic N) is 2. The number of hydrogen-bond donors (Lipinski definition) is 1. The average molecular weight is 357 g/mol. The van der Waals surface area contributed by atoms with Gasteiger partial charge in [-0.15, -0.1) is 0 Å². The van der Waals surface area contributed by atoms with Gasteiger partial charge < -0.3 is 10.2 Å². The molecular weight excluding hydrogens is 326 g/mol. The molecule has 0 aromatic heterocycles. The van der Waals surface area contributed by atoms with E-state index in [2.05, 4.69) is 36.2 Å². The van der Waals surface area contributed by atoms with Gasteiger partial charge in [0.25, 0.3) is 0 Å². The summed E-state index contributed by atoms with van der Waals surface area (Å²) in [6.45, 7) is 8.10. The van der Waals surface area contributed by atoms with Gasteiger partial charge in [-0.3, -0.25) is 14.5 Å². The van der Waals surface area contributed by atoms with Gasteiger partial charge in [-0.1, -0.05) is 44.2 Å². The third-order valence-electron chi connectivity index (χ3n) is 5.15. The molecule has 1 aromatic rings. The number of carbonyl (C=O) groups excluding carboxylic acids is 2. The summed E-state index contributed by atoms with van der Waals surface area (Å²) >= 11 is 0. The van der Waals surface area contributed by atoms with Crippen LogP contribution in [0.2, 0.25) is 0 Å². The predicted molar refractivity (Wildman–Crippen MR) is 102 cm³/mol. The maximum atomic E-state index is 13.1. The molecule has 1 saturated carbocycles. The second-order valence-corrected chi connectivity index (χ2v) is 8.10. The summed E-state index contributed by atoms with van der Waals surface area (Å²) in [5.74, 6) is 1.20.